The Balaban J connectivity index is 1.67. The van der Waals surface area contributed by atoms with E-state index in [0.29, 0.717) is 39.4 Å². The minimum Gasteiger partial charge on any atom is -0.465 e. The summed E-state index contributed by atoms with van der Waals surface area (Å²) in [5.41, 5.74) is 4.64. The fourth-order valence-electron chi connectivity index (χ4n) is 3.48. The second kappa shape index (κ2) is 7.99. The normalized spacial score (nSPS) is 10.9. The van der Waals surface area contributed by atoms with E-state index in [0.717, 1.165) is 11.1 Å². The first-order valence-electron chi connectivity index (χ1n) is 9.74. The van der Waals surface area contributed by atoms with Crippen molar-refractivity contribution >= 4 is 17.1 Å². The van der Waals surface area contributed by atoms with E-state index in [9.17, 15) is 9.18 Å². The highest BCUT2D eigenvalue weighted by Gasteiger charge is 2.17. The van der Waals surface area contributed by atoms with Crippen LogP contribution in [0.1, 0.15) is 10.4 Å². The molecule has 1 aromatic carbocycles. The van der Waals surface area contributed by atoms with Crippen molar-refractivity contribution in [2.75, 3.05) is 7.11 Å². The zero-order valence-electron chi connectivity index (χ0n) is 16.9. The molecule has 0 aliphatic heterocycles. The molecule has 0 radical (unpaired) electrons. The fourth-order valence-corrected chi connectivity index (χ4v) is 3.48. The van der Waals surface area contributed by atoms with Crippen LogP contribution in [0.3, 0.4) is 0 Å². The van der Waals surface area contributed by atoms with Crippen LogP contribution < -0.4 is 0 Å². The summed E-state index contributed by atoms with van der Waals surface area (Å²) in [6.45, 7) is 0. The number of pyridine rings is 3. The number of ether oxygens (including phenoxy) is 1. The number of rotatable bonds is 4. The van der Waals surface area contributed by atoms with Crippen LogP contribution in [0, 0.1) is 5.82 Å². The third-order valence-corrected chi connectivity index (χ3v) is 5.05. The smallest absolute Gasteiger partial charge is 0.337 e. The number of aromatic nitrogens is 5. The van der Waals surface area contributed by atoms with Crippen molar-refractivity contribution < 1.29 is 13.9 Å². The van der Waals surface area contributed by atoms with E-state index in [4.69, 9.17) is 9.72 Å². The van der Waals surface area contributed by atoms with Gasteiger partial charge in [0.1, 0.15) is 11.6 Å². The predicted octanol–water partition coefficient (Wildman–Crippen LogP) is 4.67. The van der Waals surface area contributed by atoms with E-state index in [1.807, 2.05) is 12.1 Å². The summed E-state index contributed by atoms with van der Waals surface area (Å²) in [6.07, 6.45) is 6.06. The van der Waals surface area contributed by atoms with Crippen LogP contribution in [-0.2, 0) is 4.74 Å². The Bertz CT molecular complexity index is 1430. The Kier molecular flexibility index (Phi) is 4.87. The number of aromatic amines is 1. The van der Waals surface area contributed by atoms with Gasteiger partial charge >= 0.3 is 5.97 Å². The van der Waals surface area contributed by atoms with Gasteiger partial charge in [-0.15, -0.1) is 0 Å². The first kappa shape index (κ1) is 19.5. The summed E-state index contributed by atoms with van der Waals surface area (Å²) in [6, 6.07) is 14.0. The minimum absolute atomic E-state index is 0.381. The number of imidazole rings is 1. The summed E-state index contributed by atoms with van der Waals surface area (Å²) in [5, 5.41) is 0. The Hall–Kier alpha value is -4.46. The molecule has 156 valence electrons. The third kappa shape index (κ3) is 3.47. The summed E-state index contributed by atoms with van der Waals surface area (Å²) in [7, 11) is 1.34. The number of hydrogen-bond donors (Lipinski definition) is 1. The topological polar surface area (TPSA) is 93.7 Å². The second-order valence-corrected chi connectivity index (χ2v) is 7.01. The average Bonchev–Trinajstić information content (AvgIpc) is 3.27. The number of esters is 1. The molecule has 4 aromatic heterocycles. The van der Waals surface area contributed by atoms with Crippen molar-refractivity contribution in [2.45, 2.75) is 0 Å². The van der Waals surface area contributed by atoms with Crippen molar-refractivity contribution in [1.29, 1.82) is 0 Å². The van der Waals surface area contributed by atoms with Crippen molar-refractivity contribution in [3.8, 4) is 33.8 Å². The van der Waals surface area contributed by atoms with E-state index < -0.39 is 11.8 Å². The lowest BCUT2D eigenvalue weighted by Gasteiger charge is -2.09. The van der Waals surface area contributed by atoms with Crippen LogP contribution in [0.2, 0.25) is 0 Å². The molecule has 8 heteroatoms. The zero-order chi connectivity index (χ0) is 22.1. The molecule has 0 fully saturated rings. The van der Waals surface area contributed by atoms with Crippen LogP contribution in [0.4, 0.5) is 4.39 Å². The van der Waals surface area contributed by atoms with Gasteiger partial charge in [-0.1, -0.05) is 12.1 Å². The lowest BCUT2D eigenvalue weighted by atomic mass is 10.0. The molecule has 0 saturated carbocycles. The van der Waals surface area contributed by atoms with E-state index in [1.165, 1.54) is 19.5 Å². The maximum Gasteiger partial charge on any atom is 0.337 e. The number of carbonyl (C=O) groups is 1. The van der Waals surface area contributed by atoms with Gasteiger partial charge in [0.05, 0.1) is 30.1 Å². The van der Waals surface area contributed by atoms with Crippen LogP contribution in [0.25, 0.3) is 44.9 Å². The highest BCUT2D eigenvalue weighted by Crippen LogP contribution is 2.34. The SMILES string of the molecule is COC(=O)c1ccc(-c2nc3nc(-c4cccnc4)c(-c4ccncc4F)cc3[nH]2)cc1. The maximum atomic E-state index is 14.6. The summed E-state index contributed by atoms with van der Waals surface area (Å²) in [5.74, 6) is -0.279. The minimum atomic E-state index is -0.447. The maximum absolute atomic E-state index is 14.6. The third-order valence-electron chi connectivity index (χ3n) is 5.05. The van der Waals surface area contributed by atoms with Crippen LogP contribution in [0.15, 0.2) is 73.3 Å². The summed E-state index contributed by atoms with van der Waals surface area (Å²) < 4.78 is 19.3. The van der Waals surface area contributed by atoms with E-state index in [-0.39, 0.29) is 0 Å². The molecule has 0 unspecified atom stereocenters. The number of halogens is 1. The molecule has 5 rings (SSSR count). The van der Waals surface area contributed by atoms with Gasteiger partial charge in [0, 0.05) is 40.8 Å². The van der Waals surface area contributed by atoms with E-state index in [2.05, 4.69) is 19.9 Å². The molecule has 4 heterocycles. The summed E-state index contributed by atoms with van der Waals surface area (Å²) >= 11 is 0. The highest BCUT2D eigenvalue weighted by molar-refractivity contribution is 5.91. The van der Waals surface area contributed by atoms with Gasteiger partial charge in [0.25, 0.3) is 0 Å². The first-order chi connectivity index (χ1) is 15.6. The molecule has 32 heavy (non-hydrogen) atoms. The molecule has 0 bridgehead atoms. The van der Waals surface area contributed by atoms with Gasteiger partial charge in [-0.3, -0.25) is 9.97 Å². The Morgan fingerprint density at radius 1 is 0.938 bits per heavy atom. The number of fused-ring (bicyclic) bond motifs is 1. The van der Waals surface area contributed by atoms with Gasteiger partial charge in [-0.05, 0) is 36.4 Å². The zero-order valence-corrected chi connectivity index (χ0v) is 16.9. The van der Waals surface area contributed by atoms with Crippen molar-refractivity contribution in [3.63, 3.8) is 0 Å². The highest BCUT2D eigenvalue weighted by atomic mass is 19.1. The van der Waals surface area contributed by atoms with E-state index >= 15 is 0 Å². The lowest BCUT2D eigenvalue weighted by Crippen LogP contribution is -2.00. The summed E-state index contributed by atoms with van der Waals surface area (Å²) in [4.78, 5) is 32.3. The van der Waals surface area contributed by atoms with Gasteiger partial charge in [-0.25, -0.2) is 19.2 Å². The number of carbonyl (C=O) groups excluding carboxylic acids is 1. The lowest BCUT2D eigenvalue weighted by molar-refractivity contribution is 0.0600. The number of nitrogens with zero attached hydrogens (tertiary/aromatic N) is 4. The molecular formula is C24H16FN5O2. The van der Waals surface area contributed by atoms with E-state index in [1.54, 1.807) is 48.8 Å². The Morgan fingerprint density at radius 3 is 2.47 bits per heavy atom. The van der Waals surface area contributed by atoms with Crippen molar-refractivity contribution in [2.24, 2.45) is 0 Å². The molecule has 7 nitrogen and oxygen atoms in total. The monoisotopic (exact) mass is 425 g/mol. The molecule has 1 N–H and O–H groups in total. The van der Waals surface area contributed by atoms with Gasteiger partial charge in [0.2, 0.25) is 0 Å². The van der Waals surface area contributed by atoms with Gasteiger partial charge in [-0.2, -0.15) is 0 Å². The molecule has 0 saturated heterocycles. The Morgan fingerprint density at radius 2 is 1.75 bits per heavy atom. The standard InChI is InChI=1S/C24H16FN5O2/c1-32-24(31)15-6-4-14(5-7-15)22-28-20-11-18(17-8-10-27-13-19(17)25)21(29-23(20)30-22)16-3-2-9-26-12-16/h2-13H,1H3,(H,28,29,30). The molecule has 0 aliphatic carbocycles. The number of nitrogens with one attached hydrogen (secondary N) is 1. The van der Waals surface area contributed by atoms with Crippen LogP contribution in [-0.4, -0.2) is 38.0 Å². The molecular weight excluding hydrogens is 409 g/mol. The number of H-pyrrole nitrogens is 1. The predicted molar refractivity (Wildman–Crippen MR) is 117 cm³/mol. The first-order valence-corrected chi connectivity index (χ1v) is 9.74. The molecule has 0 spiro atoms. The largest absolute Gasteiger partial charge is 0.465 e. The number of benzene rings is 1. The van der Waals surface area contributed by atoms with Crippen molar-refractivity contribution in [3.05, 3.63) is 84.7 Å². The van der Waals surface area contributed by atoms with Gasteiger partial charge in [0.15, 0.2) is 5.65 Å². The van der Waals surface area contributed by atoms with Crippen LogP contribution >= 0.6 is 0 Å². The number of hydrogen-bond acceptors (Lipinski definition) is 6. The second-order valence-electron chi connectivity index (χ2n) is 7.01. The quantitative estimate of drug-likeness (QED) is 0.421. The average molecular weight is 425 g/mol. The Labute approximate surface area is 182 Å². The molecule has 5 aromatic rings. The van der Waals surface area contributed by atoms with Gasteiger partial charge < -0.3 is 9.72 Å². The molecule has 0 atom stereocenters. The van der Waals surface area contributed by atoms with Crippen molar-refractivity contribution in [1.82, 2.24) is 24.9 Å². The number of methoxy groups -OCH3 is 1. The molecule has 0 aliphatic rings. The van der Waals surface area contributed by atoms with Crippen LogP contribution in [0.5, 0.6) is 0 Å². The fraction of sp³-hybridized carbons (Fsp3) is 0.0417. The molecule has 0 amide bonds.